The van der Waals surface area contributed by atoms with Crippen molar-refractivity contribution in [1.82, 2.24) is 0 Å². The molecule has 3 aromatic heterocycles. The second-order valence-corrected chi connectivity index (χ2v) is 35.0. The summed E-state index contributed by atoms with van der Waals surface area (Å²) in [6.07, 6.45) is 16.1. The molecule has 310 valence electrons. The molecule has 1 aliphatic rings. The van der Waals surface area contributed by atoms with Crippen molar-refractivity contribution in [3.8, 4) is 35.7 Å². The van der Waals surface area contributed by atoms with Gasteiger partial charge < -0.3 is 21.2 Å². The van der Waals surface area contributed by atoms with Crippen LogP contribution in [0.2, 0.25) is 51.9 Å². The van der Waals surface area contributed by atoms with Crippen LogP contribution in [0.5, 0.6) is 5.75 Å². The fourth-order valence-corrected chi connectivity index (χ4v) is 32.8. The lowest BCUT2D eigenvalue weighted by Gasteiger charge is -2.47. The number of benzene rings is 1. The van der Waals surface area contributed by atoms with Crippen molar-refractivity contribution in [2.75, 3.05) is 6.61 Å². The van der Waals surface area contributed by atoms with E-state index in [0.29, 0.717) is 18.3 Å². The first kappa shape index (κ1) is 45.8. The van der Waals surface area contributed by atoms with Crippen LogP contribution in [0.4, 0.5) is 4.39 Å². The average molecular weight is 892 g/mol. The summed E-state index contributed by atoms with van der Waals surface area (Å²) in [6, 6.07) is 19.8. The molecule has 5 rings (SSSR count). The molecule has 0 bridgehead atoms. The Morgan fingerprint density at radius 2 is 1.11 bits per heavy atom. The molecule has 4 aromatic rings. The molecule has 0 spiro atoms. The third-order valence-electron chi connectivity index (χ3n) is 10.1. The maximum Gasteiger partial charge on any atom is 0.317 e. The molecule has 0 radical (unpaired) electrons. The van der Waals surface area contributed by atoms with Crippen molar-refractivity contribution in [3.63, 3.8) is 0 Å². The molecule has 0 amide bonds. The van der Waals surface area contributed by atoms with Gasteiger partial charge in [0, 0.05) is 29.3 Å². The number of hydrogen-bond donors (Lipinski definition) is 0. The topological polar surface area (TPSA) is 46.2 Å². The SMILES string of the molecule is CCCCC[C@H](C)COc1ccc(-c2ccc(-c3ccc(-c4ccc(CCCCCCCCCC[Si]5(C)O[Si](C)(C)O[Si](C)(C)O[Si](C)(C)O5)s4)s3)s2)cc1F. The van der Waals surface area contributed by atoms with Gasteiger partial charge in [0.25, 0.3) is 0 Å². The maximum absolute atomic E-state index is 15.0. The average Bonchev–Trinajstić information content (AvgIpc) is 3.88. The molecule has 1 fully saturated rings. The first-order valence-electron chi connectivity index (χ1n) is 21.1. The minimum atomic E-state index is -2.34. The van der Waals surface area contributed by atoms with Gasteiger partial charge in [-0.15, -0.1) is 34.0 Å². The smallest absolute Gasteiger partial charge is 0.317 e. The molecular formula is C43H67FO5S3Si4. The Kier molecular flexibility index (Phi) is 17.0. The largest absolute Gasteiger partial charge is 0.490 e. The molecule has 1 saturated heterocycles. The van der Waals surface area contributed by atoms with Crippen molar-refractivity contribution in [2.45, 2.75) is 149 Å². The predicted molar refractivity (Wildman–Crippen MR) is 249 cm³/mol. The van der Waals surface area contributed by atoms with Gasteiger partial charge >= 0.3 is 34.2 Å². The zero-order valence-electron chi connectivity index (χ0n) is 35.5. The van der Waals surface area contributed by atoms with E-state index < -0.39 is 34.2 Å². The highest BCUT2D eigenvalue weighted by atomic mass is 32.1. The third kappa shape index (κ3) is 14.5. The van der Waals surface area contributed by atoms with Crippen molar-refractivity contribution in [2.24, 2.45) is 5.92 Å². The van der Waals surface area contributed by atoms with E-state index in [2.05, 4.69) is 96.1 Å². The van der Waals surface area contributed by atoms with Gasteiger partial charge in [-0.3, -0.25) is 0 Å². The number of halogens is 1. The lowest BCUT2D eigenvalue weighted by atomic mass is 10.0. The maximum atomic E-state index is 15.0. The molecule has 0 unspecified atom stereocenters. The summed E-state index contributed by atoms with van der Waals surface area (Å²) >= 11 is 5.50. The predicted octanol–water partition coefficient (Wildman–Crippen LogP) is 15.5. The zero-order chi connectivity index (χ0) is 40.4. The van der Waals surface area contributed by atoms with Crippen LogP contribution in [0.3, 0.4) is 0 Å². The molecule has 1 aromatic carbocycles. The van der Waals surface area contributed by atoms with Crippen molar-refractivity contribution in [3.05, 3.63) is 65.3 Å². The van der Waals surface area contributed by atoms with Crippen LogP contribution in [0, 0.1) is 11.7 Å². The standard InChI is InChI=1S/C43H67FO5S3Si4/c1-10-11-18-21-34(2)33-45-38-25-23-35(32-37(38)44)39-27-28-42(51-39)43-30-29-41(52-43)40-26-24-36(50-40)22-19-16-14-12-13-15-17-20-31-56(9)48-54(5,6)46-53(3,4)47-55(7,8)49-56/h23-30,32,34H,10-22,31,33H2,1-9H3/t34-/m0/s1. The van der Waals surface area contributed by atoms with E-state index in [-0.39, 0.29) is 5.82 Å². The van der Waals surface area contributed by atoms with Crippen LogP contribution in [-0.4, -0.2) is 40.9 Å². The van der Waals surface area contributed by atoms with Crippen LogP contribution in [-0.2, 0) is 22.9 Å². The molecule has 56 heavy (non-hydrogen) atoms. The van der Waals surface area contributed by atoms with E-state index in [1.165, 1.54) is 88.6 Å². The highest BCUT2D eigenvalue weighted by molar-refractivity contribution is 7.27. The molecule has 1 aliphatic heterocycles. The normalized spacial score (nSPS) is 18.0. The van der Waals surface area contributed by atoms with Crippen LogP contribution >= 0.6 is 34.0 Å². The lowest BCUT2D eigenvalue weighted by molar-refractivity contribution is 0.233. The first-order valence-corrected chi connectivity index (χ1v) is 34.5. The van der Waals surface area contributed by atoms with Crippen molar-refractivity contribution >= 4 is 68.3 Å². The van der Waals surface area contributed by atoms with E-state index in [0.717, 1.165) is 35.7 Å². The second-order valence-electron chi connectivity index (χ2n) is 17.2. The highest BCUT2D eigenvalue weighted by Crippen LogP contribution is 2.42. The van der Waals surface area contributed by atoms with Crippen molar-refractivity contribution in [1.29, 1.82) is 0 Å². The van der Waals surface area contributed by atoms with E-state index in [4.69, 9.17) is 21.2 Å². The van der Waals surface area contributed by atoms with Gasteiger partial charge in [0.05, 0.1) is 6.61 Å². The number of aryl methyl sites for hydroxylation is 1. The van der Waals surface area contributed by atoms with Gasteiger partial charge in [-0.25, -0.2) is 4.39 Å². The van der Waals surface area contributed by atoms with Crippen LogP contribution in [0.25, 0.3) is 29.9 Å². The molecule has 13 heteroatoms. The molecule has 5 nitrogen and oxygen atoms in total. The summed E-state index contributed by atoms with van der Waals surface area (Å²) in [5.74, 6) is 0.485. The van der Waals surface area contributed by atoms with E-state index in [1.54, 1.807) is 23.5 Å². The molecule has 4 heterocycles. The minimum Gasteiger partial charge on any atom is -0.490 e. The zero-order valence-corrected chi connectivity index (χ0v) is 42.0. The molecular weight excluding hydrogens is 824 g/mol. The summed E-state index contributed by atoms with van der Waals surface area (Å²) in [6.45, 7) is 20.0. The number of thiophene rings is 3. The van der Waals surface area contributed by atoms with E-state index in [1.807, 2.05) is 28.7 Å². The van der Waals surface area contributed by atoms with Gasteiger partial charge in [0.1, 0.15) is 0 Å². The Morgan fingerprint density at radius 3 is 1.71 bits per heavy atom. The second kappa shape index (κ2) is 20.8. The number of unbranched alkanes of at least 4 members (excludes halogenated alkanes) is 9. The Morgan fingerprint density at radius 1 is 0.589 bits per heavy atom. The summed E-state index contributed by atoms with van der Waals surface area (Å²) in [5, 5.41) is 0. The molecule has 1 atom stereocenters. The fourth-order valence-electron chi connectivity index (χ4n) is 7.92. The lowest BCUT2D eigenvalue weighted by Crippen LogP contribution is -2.64. The summed E-state index contributed by atoms with van der Waals surface area (Å²) in [7, 11) is -9.16. The molecule has 0 N–H and O–H groups in total. The summed E-state index contributed by atoms with van der Waals surface area (Å²) < 4.78 is 47.3. The molecule has 0 aliphatic carbocycles. The van der Waals surface area contributed by atoms with E-state index in [9.17, 15) is 4.39 Å². The van der Waals surface area contributed by atoms with Gasteiger partial charge in [-0.2, -0.15) is 0 Å². The Labute approximate surface area is 354 Å². The Bertz CT molecular complexity index is 1780. The summed E-state index contributed by atoms with van der Waals surface area (Å²) in [5.41, 5.74) is 0.896. The van der Waals surface area contributed by atoms with E-state index >= 15 is 0 Å². The minimum absolute atomic E-state index is 0.288. The Hall–Kier alpha value is -1.24. The van der Waals surface area contributed by atoms with Gasteiger partial charge in [-0.1, -0.05) is 78.1 Å². The Balaban J connectivity index is 0.987. The quantitative estimate of drug-likeness (QED) is 0.0616. The van der Waals surface area contributed by atoms with Gasteiger partial charge in [0.15, 0.2) is 11.6 Å². The monoisotopic (exact) mass is 890 g/mol. The third-order valence-corrected chi connectivity index (χ3v) is 30.4. The number of hydrogen-bond acceptors (Lipinski definition) is 8. The van der Waals surface area contributed by atoms with Crippen LogP contribution < -0.4 is 4.74 Å². The number of ether oxygens (including phenoxy) is 1. The fraction of sp³-hybridized carbons (Fsp3) is 0.581. The molecule has 0 saturated carbocycles. The van der Waals surface area contributed by atoms with Crippen molar-refractivity contribution < 1.29 is 25.6 Å². The van der Waals surface area contributed by atoms with Gasteiger partial charge in [-0.05, 0) is 137 Å². The van der Waals surface area contributed by atoms with Gasteiger partial charge in [0.2, 0.25) is 0 Å². The van der Waals surface area contributed by atoms with Crippen LogP contribution in [0.1, 0.15) is 95.8 Å². The number of rotatable bonds is 21. The first-order chi connectivity index (χ1) is 26.5. The summed E-state index contributed by atoms with van der Waals surface area (Å²) in [4.78, 5) is 7.68. The highest BCUT2D eigenvalue weighted by Gasteiger charge is 2.52. The van der Waals surface area contributed by atoms with Crippen LogP contribution in [0.15, 0.2) is 54.6 Å².